The number of nitrogens with zero attached hydrogens (tertiary/aromatic N) is 2. The Morgan fingerprint density at radius 1 is 1.29 bits per heavy atom. The molecule has 4 rings (SSSR count). The minimum Gasteiger partial charge on any atom is -0.491 e. The van der Waals surface area contributed by atoms with Gasteiger partial charge < -0.3 is 9.84 Å². The van der Waals surface area contributed by atoms with E-state index in [1.165, 1.54) is 10.4 Å². The van der Waals surface area contributed by atoms with Crippen LogP contribution in [0.1, 0.15) is 48.0 Å². The molecule has 1 unspecified atom stereocenters. The van der Waals surface area contributed by atoms with Crippen LogP contribution in [0.2, 0.25) is 0 Å². The third kappa shape index (κ3) is 3.47. The molecule has 2 heterocycles. The van der Waals surface area contributed by atoms with Crippen LogP contribution in [0.5, 0.6) is 5.75 Å². The fourth-order valence-electron chi connectivity index (χ4n) is 3.93. The molecular formula is C22H26N2O3S. The van der Waals surface area contributed by atoms with Crippen molar-refractivity contribution in [1.82, 2.24) is 9.55 Å². The lowest BCUT2D eigenvalue weighted by Gasteiger charge is -2.18. The molecule has 0 fully saturated rings. The lowest BCUT2D eigenvalue weighted by Crippen LogP contribution is -2.32. The molecule has 1 aliphatic carbocycles. The van der Waals surface area contributed by atoms with Crippen molar-refractivity contribution in [3.05, 3.63) is 56.4 Å². The SMILES string of the molecule is Cc1nc2sc3c(c2c(=O)n1CC(O)COc1ccccc1C(C)C)CCC3. The van der Waals surface area contributed by atoms with Gasteiger partial charge in [0, 0.05) is 4.88 Å². The molecule has 2 aromatic heterocycles. The first kappa shape index (κ1) is 19.2. The lowest BCUT2D eigenvalue weighted by atomic mass is 10.0. The summed E-state index contributed by atoms with van der Waals surface area (Å²) in [6.07, 6.45) is 2.31. The first-order chi connectivity index (χ1) is 13.5. The van der Waals surface area contributed by atoms with E-state index >= 15 is 0 Å². The summed E-state index contributed by atoms with van der Waals surface area (Å²) in [6, 6.07) is 7.87. The van der Waals surface area contributed by atoms with E-state index < -0.39 is 6.10 Å². The van der Waals surface area contributed by atoms with Crippen LogP contribution >= 0.6 is 11.3 Å². The molecule has 1 aliphatic rings. The largest absolute Gasteiger partial charge is 0.491 e. The molecule has 28 heavy (non-hydrogen) atoms. The predicted octanol–water partition coefficient (Wildman–Crippen LogP) is 3.82. The number of aryl methyl sites for hydroxylation is 3. The molecule has 0 radical (unpaired) electrons. The molecule has 0 amide bonds. The number of aliphatic hydroxyl groups excluding tert-OH is 1. The maximum atomic E-state index is 13.1. The van der Waals surface area contributed by atoms with Crippen LogP contribution in [0.3, 0.4) is 0 Å². The minimum atomic E-state index is -0.789. The molecule has 1 atom stereocenters. The van der Waals surface area contributed by atoms with Gasteiger partial charge in [0.15, 0.2) is 0 Å². The second kappa shape index (κ2) is 7.68. The van der Waals surface area contributed by atoms with Gasteiger partial charge in [-0.25, -0.2) is 4.98 Å². The van der Waals surface area contributed by atoms with E-state index in [4.69, 9.17) is 4.74 Å². The normalized spacial score (nSPS) is 14.6. The van der Waals surface area contributed by atoms with Crippen molar-refractivity contribution in [2.24, 2.45) is 0 Å². The van der Waals surface area contributed by atoms with E-state index in [0.717, 1.165) is 40.8 Å². The number of aliphatic hydroxyl groups is 1. The molecule has 0 saturated carbocycles. The van der Waals surface area contributed by atoms with Crippen molar-refractivity contribution < 1.29 is 9.84 Å². The van der Waals surface area contributed by atoms with Crippen LogP contribution < -0.4 is 10.3 Å². The van der Waals surface area contributed by atoms with Gasteiger partial charge in [-0.15, -0.1) is 11.3 Å². The monoisotopic (exact) mass is 398 g/mol. The summed E-state index contributed by atoms with van der Waals surface area (Å²) in [4.78, 5) is 19.9. The van der Waals surface area contributed by atoms with Crippen LogP contribution in [-0.4, -0.2) is 27.4 Å². The van der Waals surface area contributed by atoms with Crippen LogP contribution in [0.25, 0.3) is 10.2 Å². The first-order valence-electron chi connectivity index (χ1n) is 9.87. The topological polar surface area (TPSA) is 64.4 Å². The summed E-state index contributed by atoms with van der Waals surface area (Å²) in [7, 11) is 0. The van der Waals surface area contributed by atoms with Crippen molar-refractivity contribution in [2.75, 3.05) is 6.61 Å². The Hall–Kier alpha value is -2.18. The van der Waals surface area contributed by atoms with Gasteiger partial charge in [-0.2, -0.15) is 0 Å². The number of benzene rings is 1. The Kier molecular flexibility index (Phi) is 5.25. The smallest absolute Gasteiger partial charge is 0.262 e. The highest BCUT2D eigenvalue weighted by Crippen LogP contribution is 2.34. The van der Waals surface area contributed by atoms with Gasteiger partial charge in [-0.1, -0.05) is 32.0 Å². The molecule has 0 bridgehead atoms. The number of para-hydroxylation sites is 1. The molecule has 3 aromatic rings. The van der Waals surface area contributed by atoms with Gasteiger partial charge in [0.1, 0.15) is 29.1 Å². The molecule has 0 saturated heterocycles. The zero-order valence-electron chi connectivity index (χ0n) is 16.6. The maximum Gasteiger partial charge on any atom is 0.262 e. The summed E-state index contributed by atoms with van der Waals surface area (Å²) in [5, 5.41) is 11.3. The fraction of sp³-hybridized carbons (Fsp3) is 0.455. The van der Waals surface area contributed by atoms with Gasteiger partial charge in [-0.3, -0.25) is 9.36 Å². The third-order valence-electron chi connectivity index (χ3n) is 5.38. The average Bonchev–Trinajstić information content (AvgIpc) is 3.24. The number of hydrogen-bond acceptors (Lipinski definition) is 5. The van der Waals surface area contributed by atoms with Crippen molar-refractivity contribution in [3.8, 4) is 5.75 Å². The standard InChI is InChI=1S/C22H26N2O3S/c1-13(2)16-7-4-5-9-18(16)27-12-15(25)11-24-14(3)23-21-20(22(24)26)17-8-6-10-19(17)28-21/h4-5,7,9,13,15,25H,6,8,10-12H2,1-3H3. The molecular weight excluding hydrogens is 372 g/mol. The van der Waals surface area contributed by atoms with E-state index in [1.54, 1.807) is 15.9 Å². The van der Waals surface area contributed by atoms with Crippen molar-refractivity contribution in [2.45, 2.75) is 58.6 Å². The van der Waals surface area contributed by atoms with E-state index in [9.17, 15) is 9.90 Å². The lowest BCUT2D eigenvalue weighted by molar-refractivity contribution is 0.0903. The molecule has 6 heteroatoms. The van der Waals surface area contributed by atoms with Crippen LogP contribution in [-0.2, 0) is 19.4 Å². The zero-order valence-corrected chi connectivity index (χ0v) is 17.4. The molecule has 0 spiro atoms. The minimum absolute atomic E-state index is 0.0384. The number of hydrogen-bond donors (Lipinski definition) is 1. The van der Waals surface area contributed by atoms with Crippen molar-refractivity contribution in [3.63, 3.8) is 0 Å². The van der Waals surface area contributed by atoms with Crippen LogP contribution in [0.4, 0.5) is 0 Å². The summed E-state index contributed by atoms with van der Waals surface area (Å²) >= 11 is 1.64. The predicted molar refractivity (Wildman–Crippen MR) is 113 cm³/mol. The highest BCUT2D eigenvalue weighted by atomic mass is 32.1. The quantitative estimate of drug-likeness (QED) is 0.686. The Balaban J connectivity index is 1.54. The third-order valence-corrected chi connectivity index (χ3v) is 6.57. The Labute approximate surface area is 168 Å². The Morgan fingerprint density at radius 3 is 2.86 bits per heavy atom. The Bertz CT molecular complexity index is 1070. The van der Waals surface area contributed by atoms with E-state index in [0.29, 0.717) is 11.7 Å². The second-order valence-electron chi connectivity index (χ2n) is 7.77. The maximum absolute atomic E-state index is 13.1. The summed E-state index contributed by atoms with van der Waals surface area (Å²) in [5.41, 5.74) is 2.24. The number of rotatable bonds is 6. The van der Waals surface area contributed by atoms with E-state index in [-0.39, 0.29) is 18.7 Å². The van der Waals surface area contributed by atoms with Gasteiger partial charge >= 0.3 is 0 Å². The number of ether oxygens (including phenoxy) is 1. The van der Waals surface area contributed by atoms with Crippen LogP contribution in [0, 0.1) is 6.92 Å². The van der Waals surface area contributed by atoms with Gasteiger partial charge in [0.2, 0.25) is 0 Å². The van der Waals surface area contributed by atoms with Gasteiger partial charge in [-0.05, 0) is 49.3 Å². The van der Waals surface area contributed by atoms with Crippen molar-refractivity contribution >= 4 is 21.6 Å². The van der Waals surface area contributed by atoms with Gasteiger partial charge in [0.25, 0.3) is 5.56 Å². The average molecular weight is 399 g/mol. The highest BCUT2D eigenvalue weighted by Gasteiger charge is 2.23. The summed E-state index contributed by atoms with van der Waals surface area (Å²) in [6.45, 7) is 6.37. The summed E-state index contributed by atoms with van der Waals surface area (Å²) in [5.74, 6) is 1.76. The van der Waals surface area contributed by atoms with Crippen LogP contribution in [0.15, 0.2) is 29.1 Å². The molecule has 1 N–H and O–H groups in total. The molecule has 148 valence electrons. The number of fused-ring (bicyclic) bond motifs is 3. The second-order valence-corrected chi connectivity index (χ2v) is 8.85. The number of thiophene rings is 1. The van der Waals surface area contributed by atoms with E-state index in [1.807, 2.05) is 31.2 Å². The molecule has 1 aromatic carbocycles. The molecule has 0 aliphatic heterocycles. The molecule has 5 nitrogen and oxygen atoms in total. The fourth-order valence-corrected chi connectivity index (χ4v) is 5.23. The zero-order chi connectivity index (χ0) is 19.8. The highest BCUT2D eigenvalue weighted by molar-refractivity contribution is 7.18. The first-order valence-corrected chi connectivity index (χ1v) is 10.7. The Morgan fingerprint density at radius 2 is 2.07 bits per heavy atom. The summed E-state index contributed by atoms with van der Waals surface area (Å²) < 4.78 is 7.47. The van der Waals surface area contributed by atoms with E-state index in [2.05, 4.69) is 18.8 Å². The number of aromatic nitrogens is 2. The van der Waals surface area contributed by atoms with Crippen molar-refractivity contribution in [1.29, 1.82) is 0 Å². The van der Waals surface area contributed by atoms with Gasteiger partial charge in [0.05, 0.1) is 11.9 Å².